The largest absolute Gasteiger partial charge is 0.387 e. The Morgan fingerprint density at radius 1 is 0.649 bits per heavy atom. The highest BCUT2D eigenvalue weighted by Crippen LogP contribution is 2.77. The first-order valence-corrected chi connectivity index (χ1v) is 13.6. The van der Waals surface area contributed by atoms with Crippen LogP contribution in [0.3, 0.4) is 0 Å². The van der Waals surface area contributed by atoms with Crippen LogP contribution in [0.2, 0.25) is 0 Å². The van der Waals surface area contributed by atoms with Crippen LogP contribution < -0.4 is 9.47 Å². The summed E-state index contributed by atoms with van der Waals surface area (Å²) in [5, 5.41) is 18.4. The molecule has 194 valence electrons. The van der Waals surface area contributed by atoms with E-state index in [4.69, 9.17) is 9.47 Å². The molecule has 0 aromatic heterocycles. The van der Waals surface area contributed by atoms with Gasteiger partial charge >= 0.3 is 0 Å². The average Bonchev–Trinajstić information content (AvgIpc) is 2.76. The lowest BCUT2D eigenvalue weighted by Crippen LogP contribution is -2.66. The molecule has 0 aliphatic heterocycles. The molecule has 2 aromatic rings. The molecule has 0 heterocycles. The molecule has 4 bridgehead atoms. The normalized spacial score (nSPS) is 32.1. The van der Waals surface area contributed by atoms with E-state index in [0.29, 0.717) is 11.5 Å². The SMILES string of the molecule is Cc1cc(C23CC4(C)CC(c5cc(C)c(OC#N)c(C)c5)(C2)CC(C(C)(C)C)(C4)C3)cc(C)c1OC#N. The predicted molar refractivity (Wildman–Crippen MR) is 145 cm³/mol. The van der Waals surface area contributed by atoms with Crippen molar-refractivity contribution < 1.29 is 9.47 Å². The van der Waals surface area contributed by atoms with Gasteiger partial charge in [-0.3, -0.25) is 0 Å². The third kappa shape index (κ3) is 3.75. The first-order valence-electron chi connectivity index (χ1n) is 13.6. The second kappa shape index (κ2) is 8.01. The number of hydrogen-bond donors (Lipinski definition) is 0. The third-order valence-electron chi connectivity index (χ3n) is 10.4. The summed E-state index contributed by atoms with van der Waals surface area (Å²) in [6.07, 6.45) is 10.9. The topological polar surface area (TPSA) is 66.0 Å². The van der Waals surface area contributed by atoms with Crippen LogP contribution in [0, 0.1) is 67.0 Å². The molecule has 4 fully saturated rings. The zero-order valence-electron chi connectivity index (χ0n) is 23.8. The van der Waals surface area contributed by atoms with Crippen LogP contribution >= 0.6 is 0 Å². The molecule has 4 aliphatic rings. The highest BCUT2D eigenvalue weighted by molar-refractivity contribution is 5.51. The summed E-state index contributed by atoms with van der Waals surface area (Å²) < 4.78 is 10.7. The van der Waals surface area contributed by atoms with E-state index in [1.165, 1.54) is 43.2 Å². The summed E-state index contributed by atoms with van der Waals surface area (Å²) in [6, 6.07) is 9.22. The molecule has 0 spiro atoms. The molecule has 4 nitrogen and oxygen atoms in total. The van der Waals surface area contributed by atoms with Crippen LogP contribution in [0.1, 0.15) is 99.6 Å². The number of aryl methyl sites for hydroxylation is 4. The van der Waals surface area contributed by atoms with Gasteiger partial charge in [0.15, 0.2) is 0 Å². The summed E-state index contributed by atoms with van der Waals surface area (Å²) in [7, 11) is 0. The fourth-order valence-corrected chi connectivity index (χ4v) is 9.48. The van der Waals surface area contributed by atoms with Crippen molar-refractivity contribution >= 4 is 0 Å². The number of ether oxygens (including phenoxy) is 2. The summed E-state index contributed by atoms with van der Waals surface area (Å²) in [6.45, 7) is 18.2. The minimum atomic E-state index is 0.0705. The molecule has 2 unspecified atom stereocenters. The molecule has 4 aliphatic carbocycles. The van der Waals surface area contributed by atoms with Crippen molar-refractivity contribution in [2.75, 3.05) is 0 Å². The Kier molecular flexibility index (Phi) is 5.55. The van der Waals surface area contributed by atoms with E-state index in [9.17, 15) is 10.5 Å². The van der Waals surface area contributed by atoms with Gasteiger partial charge < -0.3 is 9.47 Å². The van der Waals surface area contributed by atoms with E-state index in [-0.39, 0.29) is 27.1 Å². The van der Waals surface area contributed by atoms with Gasteiger partial charge in [0, 0.05) is 0 Å². The minimum absolute atomic E-state index is 0.0705. The summed E-state index contributed by atoms with van der Waals surface area (Å²) in [4.78, 5) is 0. The van der Waals surface area contributed by atoms with Crippen molar-refractivity contribution in [3.05, 3.63) is 57.6 Å². The first-order chi connectivity index (χ1) is 17.2. The number of benzene rings is 2. The lowest BCUT2D eigenvalue weighted by atomic mass is 9.31. The quantitative estimate of drug-likeness (QED) is 0.400. The van der Waals surface area contributed by atoms with Crippen molar-refractivity contribution in [2.24, 2.45) is 16.2 Å². The number of rotatable bonds is 4. The van der Waals surface area contributed by atoms with E-state index in [2.05, 4.69) is 79.7 Å². The third-order valence-corrected chi connectivity index (χ3v) is 10.4. The van der Waals surface area contributed by atoms with Crippen LogP contribution in [0.5, 0.6) is 11.5 Å². The molecule has 0 saturated heterocycles. The van der Waals surface area contributed by atoms with E-state index < -0.39 is 0 Å². The van der Waals surface area contributed by atoms with Crippen LogP contribution in [-0.2, 0) is 10.8 Å². The highest BCUT2D eigenvalue weighted by Gasteiger charge is 2.69. The molecule has 4 heteroatoms. The van der Waals surface area contributed by atoms with Gasteiger partial charge in [0.1, 0.15) is 11.5 Å². The van der Waals surface area contributed by atoms with E-state index in [0.717, 1.165) is 28.7 Å². The number of hydrogen-bond acceptors (Lipinski definition) is 4. The molecule has 2 atom stereocenters. The predicted octanol–water partition coefficient (Wildman–Crippen LogP) is 8.24. The zero-order valence-corrected chi connectivity index (χ0v) is 23.8. The van der Waals surface area contributed by atoms with Crippen molar-refractivity contribution in [1.82, 2.24) is 0 Å². The molecule has 0 amide bonds. The Morgan fingerprint density at radius 2 is 1.03 bits per heavy atom. The average molecular weight is 497 g/mol. The Balaban J connectivity index is 1.73. The molecule has 0 radical (unpaired) electrons. The molecule has 4 saturated carbocycles. The first kappa shape index (κ1) is 25.7. The molecular formula is C33H40N2O2. The van der Waals surface area contributed by atoms with Gasteiger partial charge in [-0.15, -0.1) is 10.5 Å². The Hall–Kier alpha value is -2.98. The van der Waals surface area contributed by atoms with E-state index in [1.54, 1.807) is 0 Å². The van der Waals surface area contributed by atoms with Crippen molar-refractivity contribution in [1.29, 1.82) is 10.5 Å². The van der Waals surface area contributed by atoms with Crippen LogP contribution in [-0.4, -0.2) is 0 Å². The molecular weight excluding hydrogens is 456 g/mol. The van der Waals surface area contributed by atoms with Crippen molar-refractivity contribution in [3.8, 4) is 24.0 Å². The lowest BCUT2D eigenvalue weighted by Gasteiger charge is -2.73. The number of nitriles is 2. The highest BCUT2D eigenvalue weighted by atomic mass is 16.5. The van der Waals surface area contributed by atoms with Gasteiger partial charge in [0.25, 0.3) is 12.5 Å². The minimum Gasteiger partial charge on any atom is -0.387 e. The summed E-state index contributed by atoms with van der Waals surface area (Å²) in [5.41, 5.74) is 7.78. The fourth-order valence-electron chi connectivity index (χ4n) is 9.48. The second-order valence-corrected chi connectivity index (χ2v) is 14.2. The van der Waals surface area contributed by atoms with Crippen molar-refractivity contribution in [2.45, 2.75) is 105 Å². The van der Waals surface area contributed by atoms with Gasteiger partial charge in [-0.25, -0.2) is 0 Å². The lowest BCUT2D eigenvalue weighted by molar-refractivity contribution is -0.176. The van der Waals surface area contributed by atoms with Crippen LogP contribution in [0.25, 0.3) is 0 Å². The van der Waals surface area contributed by atoms with Gasteiger partial charge in [-0.1, -0.05) is 52.0 Å². The summed E-state index contributed by atoms with van der Waals surface area (Å²) >= 11 is 0. The van der Waals surface area contributed by atoms with Gasteiger partial charge in [0.05, 0.1) is 0 Å². The summed E-state index contributed by atoms with van der Waals surface area (Å²) in [5.74, 6) is 1.39. The van der Waals surface area contributed by atoms with Crippen molar-refractivity contribution in [3.63, 3.8) is 0 Å². The molecule has 37 heavy (non-hydrogen) atoms. The smallest absolute Gasteiger partial charge is 0.292 e. The van der Waals surface area contributed by atoms with E-state index >= 15 is 0 Å². The Morgan fingerprint density at radius 3 is 1.35 bits per heavy atom. The maximum Gasteiger partial charge on any atom is 0.292 e. The monoisotopic (exact) mass is 496 g/mol. The molecule has 2 aromatic carbocycles. The number of nitrogens with zero attached hydrogens (tertiary/aromatic N) is 2. The van der Waals surface area contributed by atoms with Crippen LogP contribution in [0.15, 0.2) is 24.3 Å². The second-order valence-electron chi connectivity index (χ2n) is 14.2. The zero-order chi connectivity index (χ0) is 27.0. The maximum absolute atomic E-state index is 9.18. The molecule has 0 N–H and O–H groups in total. The Bertz CT molecular complexity index is 1230. The van der Waals surface area contributed by atoms with Crippen LogP contribution in [0.4, 0.5) is 0 Å². The Labute approximate surface area is 222 Å². The van der Waals surface area contributed by atoms with Gasteiger partial charge in [-0.05, 0) is 127 Å². The van der Waals surface area contributed by atoms with Gasteiger partial charge in [-0.2, -0.15) is 0 Å². The van der Waals surface area contributed by atoms with Gasteiger partial charge in [0.2, 0.25) is 0 Å². The standard InChI is InChI=1S/C33H40N2O2/c1-21-9-25(10-22(2)27(21)36-19-34)31-13-30(8)14-32(16-31,18-33(15-30,17-31)29(5,6)7)26-11-23(3)28(37-20-35)24(4)12-26/h9-12H,13-18H2,1-8H3. The fraction of sp³-hybridized carbons (Fsp3) is 0.576. The molecule has 6 rings (SSSR count). The maximum atomic E-state index is 9.18. The van der Waals surface area contributed by atoms with E-state index in [1.807, 2.05) is 12.5 Å².